The number of rotatable bonds is 3. The number of hydrogen-bond donors (Lipinski definition) is 0. The SMILES string of the molecule is CCSC(=O)OCc1oc(=S)oc1C. The average Bonchev–Trinajstić information content (AvgIpc) is 2.42. The third-order valence-electron chi connectivity index (χ3n) is 1.42. The minimum atomic E-state index is -0.325. The van der Waals surface area contributed by atoms with Gasteiger partial charge in [-0.05, 0) is 18.7 Å². The second-order valence-electron chi connectivity index (χ2n) is 2.41. The summed E-state index contributed by atoms with van der Waals surface area (Å²) in [6, 6.07) is 0. The van der Waals surface area contributed by atoms with Crippen LogP contribution in [-0.2, 0) is 11.3 Å². The third kappa shape index (κ3) is 3.19. The fourth-order valence-electron chi connectivity index (χ4n) is 0.790. The third-order valence-corrected chi connectivity index (χ3v) is 2.23. The molecule has 1 aromatic heterocycles. The van der Waals surface area contributed by atoms with E-state index in [0.29, 0.717) is 17.3 Å². The average molecular weight is 234 g/mol. The fraction of sp³-hybridized carbons (Fsp3) is 0.500. The van der Waals surface area contributed by atoms with E-state index in [1.165, 1.54) is 0 Å². The van der Waals surface area contributed by atoms with E-state index in [2.05, 4.69) is 12.2 Å². The summed E-state index contributed by atoms with van der Waals surface area (Å²) in [4.78, 5) is 11.0. The Bertz CT molecular complexity index is 366. The lowest BCUT2D eigenvalue weighted by Gasteiger charge is -1.99. The smallest absolute Gasteiger partial charge is 0.367 e. The first-order valence-corrected chi connectivity index (χ1v) is 5.41. The Hall–Kier alpha value is -0.750. The summed E-state index contributed by atoms with van der Waals surface area (Å²) in [6.07, 6.45) is 0. The molecule has 0 bridgehead atoms. The van der Waals surface area contributed by atoms with E-state index in [9.17, 15) is 4.79 Å². The molecule has 0 saturated heterocycles. The Balaban J connectivity index is 2.49. The molecule has 0 saturated carbocycles. The largest absolute Gasteiger partial charge is 0.449 e. The maximum Gasteiger partial charge on any atom is 0.367 e. The van der Waals surface area contributed by atoms with Crippen LogP contribution in [0.4, 0.5) is 4.79 Å². The van der Waals surface area contributed by atoms with E-state index < -0.39 is 0 Å². The lowest BCUT2D eigenvalue weighted by molar-refractivity contribution is 0.158. The zero-order valence-corrected chi connectivity index (χ0v) is 9.50. The Morgan fingerprint density at radius 3 is 2.79 bits per heavy atom. The van der Waals surface area contributed by atoms with E-state index >= 15 is 0 Å². The fourth-order valence-corrected chi connectivity index (χ4v) is 1.39. The zero-order chi connectivity index (χ0) is 10.6. The van der Waals surface area contributed by atoms with E-state index in [0.717, 1.165) is 11.8 Å². The number of hydrogen-bond acceptors (Lipinski definition) is 6. The van der Waals surface area contributed by atoms with Crippen LogP contribution in [0.3, 0.4) is 0 Å². The predicted octanol–water partition coefficient (Wildman–Crippen LogP) is 3.30. The van der Waals surface area contributed by atoms with Crippen molar-refractivity contribution in [3.8, 4) is 0 Å². The molecule has 0 aliphatic rings. The Morgan fingerprint density at radius 2 is 2.29 bits per heavy atom. The van der Waals surface area contributed by atoms with Crippen molar-refractivity contribution in [2.24, 2.45) is 0 Å². The van der Waals surface area contributed by atoms with Crippen molar-refractivity contribution < 1.29 is 18.4 Å². The zero-order valence-electron chi connectivity index (χ0n) is 7.86. The summed E-state index contributed by atoms with van der Waals surface area (Å²) in [6.45, 7) is 3.65. The van der Waals surface area contributed by atoms with Crippen molar-refractivity contribution in [2.75, 3.05) is 5.75 Å². The molecule has 0 N–H and O–H groups in total. The molecule has 0 amide bonds. The minimum Gasteiger partial charge on any atom is -0.449 e. The van der Waals surface area contributed by atoms with Gasteiger partial charge in [-0.1, -0.05) is 6.92 Å². The molecule has 0 aliphatic heterocycles. The van der Waals surface area contributed by atoms with E-state index in [1.807, 2.05) is 6.92 Å². The molecule has 4 nitrogen and oxygen atoms in total. The highest BCUT2D eigenvalue weighted by molar-refractivity contribution is 8.13. The van der Waals surface area contributed by atoms with E-state index in [4.69, 9.17) is 13.6 Å². The highest BCUT2D eigenvalue weighted by Gasteiger charge is 2.09. The molecule has 0 aliphatic carbocycles. The molecule has 0 radical (unpaired) electrons. The summed E-state index contributed by atoms with van der Waals surface area (Å²) in [5.74, 6) is 1.69. The highest BCUT2D eigenvalue weighted by Crippen LogP contribution is 2.14. The van der Waals surface area contributed by atoms with Gasteiger partial charge < -0.3 is 13.6 Å². The topological polar surface area (TPSA) is 52.6 Å². The normalized spacial score (nSPS) is 10.1. The first-order chi connectivity index (χ1) is 6.63. The number of thioether (sulfide) groups is 1. The van der Waals surface area contributed by atoms with Gasteiger partial charge in [-0.25, -0.2) is 4.79 Å². The van der Waals surface area contributed by atoms with Crippen LogP contribution in [0.2, 0.25) is 0 Å². The molecule has 0 unspecified atom stereocenters. The van der Waals surface area contributed by atoms with Crippen LogP contribution >= 0.6 is 24.0 Å². The van der Waals surface area contributed by atoms with Crippen LogP contribution in [0.1, 0.15) is 18.4 Å². The summed E-state index contributed by atoms with van der Waals surface area (Å²) in [5.41, 5.74) is 0. The first kappa shape index (κ1) is 11.3. The molecule has 1 heterocycles. The van der Waals surface area contributed by atoms with Crippen molar-refractivity contribution in [2.45, 2.75) is 20.5 Å². The van der Waals surface area contributed by atoms with Crippen LogP contribution in [0.5, 0.6) is 0 Å². The van der Waals surface area contributed by atoms with E-state index in [1.54, 1.807) is 6.92 Å². The lowest BCUT2D eigenvalue weighted by Crippen LogP contribution is -1.98. The Kier molecular flexibility index (Phi) is 4.21. The van der Waals surface area contributed by atoms with Crippen molar-refractivity contribution in [3.05, 3.63) is 16.4 Å². The molecule has 0 aromatic carbocycles. The summed E-state index contributed by atoms with van der Waals surface area (Å²) >= 11 is 5.78. The van der Waals surface area contributed by atoms with Gasteiger partial charge in [0.05, 0.1) is 0 Å². The molecule has 1 rings (SSSR count). The molecule has 0 atom stereocenters. The first-order valence-electron chi connectivity index (χ1n) is 4.02. The van der Waals surface area contributed by atoms with Crippen LogP contribution in [-0.4, -0.2) is 11.1 Å². The molecule has 78 valence electrons. The number of carbonyl (C=O) groups is 1. The molecule has 0 fully saturated rings. The molecule has 14 heavy (non-hydrogen) atoms. The summed E-state index contributed by atoms with van der Waals surface area (Å²) in [5, 5.41) is -0.325. The highest BCUT2D eigenvalue weighted by atomic mass is 32.2. The van der Waals surface area contributed by atoms with E-state index in [-0.39, 0.29) is 16.8 Å². The standard InChI is InChI=1S/C8H10O4S2/c1-3-14-7(9)10-4-6-5(2)11-8(13)12-6/h3-4H2,1-2H3. The van der Waals surface area contributed by atoms with Crippen LogP contribution in [0.25, 0.3) is 0 Å². The maximum atomic E-state index is 11.0. The number of carbonyl (C=O) groups excluding carboxylic acids is 1. The van der Waals surface area contributed by atoms with Crippen molar-refractivity contribution in [3.63, 3.8) is 0 Å². The van der Waals surface area contributed by atoms with Crippen LogP contribution in [0.15, 0.2) is 8.83 Å². The molecule has 0 spiro atoms. The van der Waals surface area contributed by atoms with Crippen molar-refractivity contribution in [1.29, 1.82) is 0 Å². The van der Waals surface area contributed by atoms with Gasteiger partial charge in [0, 0.05) is 18.0 Å². The molecule has 1 aromatic rings. The van der Waals surface area contributed by atoms with Crippen molar-refractivity contribution >= 4 is 29.3 Å². The van der Waals surface area contributed by atoms with Gasteiger partial charge in [-0.15, -0.1) is 0 Å². The quantitative estimate of drug-likeness (QED) is 0.590. The van der Waals surface area contributed by atoms with Crippen LogP contribution in [0, 0.1) is 11.8 Å². The van der Waals surface area contributed by atoms with Gasteiger partial charge in [-0.2, -0.15) is 0 Å². The summed E-state index contributed by atoms with van der Waals surface area (Å²) in [7, 11) is 0. The summed E-state index contributed by atoms with van der Waals surface area (Å²) < 4.78 is 14.8. The predicted molar refractivity (Wildman–Crippen MR) is 54.9 cm³/mol. The molecule has 6 heteroatoms. The van der Waals surface area contributed by atoms with Gasteiger partial charge >= 0.3 is 10.2 Å². The molecular weight excluding hydrogens is 224 g/mol. The van der Waals surface area contributed by atoms with Gasteiger partial charge in [0.25, 0.3) is 0 Å². The second-order valence-corrected chi connectivity index (χ2v) is 3.94. The van der Waals surface area contributed by atoms with Crippen molar-refractivity contribution in [1.82, 2.24) is 0 Å². The number of aryl methyl sites for hydroxylation is 1. The van der Waals surface area contributed by atoms with Gasteiger partial charge in [-0.3, -0.25) is 0 Å². The second kappa shape index (κ2) is 5.21. The van der Waals surface area contributed by atoms with Crippen LogP contribution < -0.4 is 0 Å². The Morgan fingerprint density at radius 1 is 1.57 bits per heavy atom. The molecular formula is C8H10O4S2. The maximum absolute atomic E-state index is 11.0. The Labute approximate surface area is 90.6 Å². The lowest BCUT2D eigenvalue weighted by atomic mass is 10.4. The monoisotopic (exact) mass is 234 g/mol. The van der Waals surface area contributed by atoms with Gasteiger partial charge in [0.1, 0.15) is 5.76 Å². The minimum absolute atomic E-state index is 0.0525. The van der Waals surface area contributed by atoms with Gasteiger partial charge in [0.2, 0.25) is 0 Å². The number of ether oxygens (including phenoxy) is 1. The van der Waals surface area contributed by atoms with Gasteiger partial charge in [0.15, 0.2) is 12.4 Å².